The van der Waals surface area contributed by atoms with E-state index in [1.807, 2.05) is 6.07 Å². The first-order chi connectivity index (χ1) is 14.5. The van der Waals surface area contributed by atoms with Gasteiger partial charge in [0.05, 0.1) is 7.11 Å². The number of nitrogens with zero attached hydrogens (tertiary/aromatic N) is 1. The fraction of sp³-hybridized carbons (Fsp3) is 0.400. The molecule has 2 aliphatic rings. The fourth-order valence-electron chi connectivity index (χ4n) is 4.62. The van der Waals surface area contributed by atoms with Crippen molar-refractivity contribution in [3.05, 3.63) is 64.0 Å². The molecule has 2 N–H and O–H groups in total. The molecule has 6 heteroatoms. The predicted molar refractivity (Wildman–Crippen MR) is 120 cm³/mol. The second-order valence-electron chi connectivity index (χ2n) is 9.73. The third-order valence-electron chi connectivity index (χ3n) is 6.64. The Kier molecular flexibility index (Phi) is 4.91. The zero-order valence-corrected chi connectivity index (χ0v) is 19.0. The Morgan fingerprint density at radius 3 is 2.16 bits per heavy atom. The molecule has 1 aromatic carbocycles. The summed E-state index contributed by atoms with van der Waals surface area (Å²) in [5.41, 5.74) is 6.36. The summed E-state index contributed by atoms with van der Waals surface area (Å²) in [5, 5.41) is 5.02. The minimum atomic E-state index is -0.518. The number of benzene rings is 1. The largest absolute Gasteiger partial charge is 0.481 e. The SMILES string of the molecule is COc1ccc(/C(=C2\NC(=O)NC2=O)c2cc3c(cc2C)C(C)(C)CCC3(C)C)cn1. The molecule has 4 rings (SSSR count). The van der Waals surface area contributed by atoms with Crippen LogP contribution in [0.5, 0.6) is 5.88 Å². The number of rotatable bonds is 3. The lowest BCUT2D eigenvalue weighted by molar-refractivity contribution is -0.115. The Hall–Kier alpha value is -3.15. The van der Waals surface area contributed by atoms with Crippen LogP contribution in [0.25, 0.3) is 5.57 Å². The Balaban J connectivity index is 2.00. The molecule has 1 saturated heterocycles. The third-order valence-corrected chi connectivity index (χ3v) is 6.64. The molecule has 2 aromatic rings. The highest BCUT2D eigenvalue weighted by Crippen LogP contribution is 2.47. The van der Waals surface area contributed by atoms with E-state index in [1.54, 1.807) is 19.4 Å². The van der Waals surface area contributed by atoms with E-state index in [1.165, 1.54) is 11.1 Å². The third kappa shape index (κ3) is 3.60. The molecule has 0 radical (unpaired) electrons. The van der Waals surface area contributed by atoms with Gasteiger partial charge in [0.1, 0.15) is 5.70 Å². The Bertz CT molecular complexity index is 1110. The lowest BCUT2D eigenvalue weighted by Gasteiger charge is -2.42. The summed E-state index contributed by atoms with van der Waals surface area (Å²) in [5.74, 6) is 0.0468. The number of hydrogen-bond donors (Lipinski definition) is 2. The lowest BCUT2D eigenvalue weighted by Crippen LogP contribution is -2.34. The molecular formula is C25H29N3O3. The van der Waals surface area contributed by atoms with Crippen molar-refractivity contribution >= 4 is 17.5 Å². The number of carbonyl (C=O) groups is 2. The van der Waals surface area contributed by atoms with Gasteiger partial charge in [0.15, 0.2) is 0 Å². The maximum Gasteiger partial charge on any atom is 0.326 e. The molecule has 1 aliphatic carbocycles. The summed E-state index contributed by atoms with van der Waals surface area (Å²) >= 11 is 0. The molecule has 1 aromatic heterocycles. The van der Waals surface area contributed by atoms with Gasteiger partial charge in [0.25, 0.3) is 5.91 Å². The number of amides is 3. The molecule has 162 valence electrons. The number of nitrogens with one attached hydrogen (secondary N) is 2. The van der Waals surface area contributed by atoms with Crippen molar-refractivity contribution in [3.8, 4) is 5.88 Å². The predicted octanol–water partition coefficient (Wildman–Crippen LogP) is 4.35. The van der Waals surface area contributed by atoms with Crippen LogP contribution in [-0.4, -0.2) is 24.0 Å². The number of fused-ring (bicyclic) bond motifs is 1. The van der Waals surface area contributed by atoms with Crippen molar-refractivity contribution in [2.75, 3.05) is 7.11 Å². The van der Waals surface area contributed by atoms with Crippen LogP contribution in [-0.2, 0) is 15.6 Å². The van der Waals surface area contributed by atoms with Crippen molar-refractivity contribution in [1.29, 1.82) is 0 Å². The van der Waals surface area contributed by atoms with Gasteiger partial charge in [-0.25, -0.2) is 9.78 Å². The molecule has 6 nitrogen and oxygen atoms in total. The molecule has 0 atom stereocenters. The Morgan fingerprint density at radius 2 is 1.65 bits per heavy atom. The number of hydrogen-bond acceptors (Lipinski definition) is 4. The summed E-state index contributed by atoms with van der Waals surface area (Å²) in [6.07, 6.45) is 3.89. The highest BCUT2D eigenvalue weighted by molar-refractivity contribution is 6.17. The first-order valence-corrected chi connectivity index (χ1v) is 10.6. The molecule has 31 heavy (non-hydrogen) atoms. The topological polar surface area (TPSA) is 80.3 Å². The summed E-state index contributed by atoms with van der Waals surface area (Å²) in [6.45, 7) is 11.2. The van der Waals surface area contributed by atoms with E-state index in [0.717, 1.165) is 29.5 Å². The molecule has 1 aliphatic heterocycles. The average Bonchev–Trinajstić information content (AvgIpc) is 3.05. The van der Waals surface area contributed by atoms with Gasteiger partial charge in [-0.1, -0.05) is 33.8 Å². The van der Waals surface area contributed by atoms with E-state index in [0.29, 0.717) is 11.5 Å². The zero-order chi connectivity index (χ0) is 22.6. The van der Waals surface area contributed by atoms with E-state index in [9.17, 15) is 9.59 Å². The van der Waals surface area contributed by atoms with Crippen LogP contribution in [0.15, 0.2) is 36.2 Å². The van der Waals surface area contributed by atoms with Crippen LogP contribution in [0.4, 0.5) is 4.79 Å². The van der Waals surface area contributed by atoms with Crippen LogP contribution in [0.2, 0.25) is 0 Å². The normalized spacial score (nSPS) is 20.6. The minimum absolute atomic E-state index is 0.0163. The summed E-state index contributed by atoms with van der Waals surface area (Å²) in [7, 11) is 1.56. The molecule has 2 heterocycles. The van der Waals surface area contributed by atoms with Crippen molar-refractivity contribution in [1.82, 2.24) is 15.6 Å². The van der Waals surface area contributed by atoms with Crippen LogP contribution >= 0.6 is 0 Å². The first kappa shape index (κ1) is 21.1. The van der Waals surface area contributed by atoms with Crippen LogP contribution in [0, 0.1) is 6.92 Å². The van der Waals surface area contributed by atoms with Crippen LogP contribution in [0.1, 0.15) is 68.4 Å². The van der Waals surface area contributed by atoms with Crippen molar-refractivity contribution < 1.29 is 14.3 Å². The van der Waals surface area contributed by atoms with Gasteiger partial charge in [0, 0.05) is 23.4 Å². The average molecular weight is 420 g/mol. The highest BCUT2D eigenvalue weighted by Gasteiger charge is 2.38. The summed E-state index contributed by atoms with van der Waals surface area (Å²) < 4.78 is 5.19. The highest BCUT2D eigenvalue weighted by atomic mass is 16.5. The maximum atomic E-state index is 12.6. The van der Waals surface area contributed by atoms with E-state index in [2.05, 4.69) is 62.4 Å². The number of pyridine rings is 1. The van der Waals surface area contributed by atoms with Gasteiger partial charge in [0.2, 0.25) is 5.88 Å². The van der Waals surface area contributed by atoms with Crippen LogP contribution in [0.3, 0.4) is 0 Å². The molecule has 0 bridgehead atoms. The van der Waals surface area contributed by atoms with Gasteiger partial charge < -0.3 is 10.1 Å². The van der Waals surface area contributed by atoms with Crippen molar-refractivity contribution in [3.63, 3.8) is 0 Å². The van der Waals surface area contributed by atoms with Crippen molar-refractivity contribution in [2.24, 2.45) is 0 Å². The van der Waals surface area contributed by atoms with Crippen molar-refractivity contribution in [2.45, 2.75) is 58.3 Å². The standard InChI is InChI=1S/C25H29N3O3/c1-14-11-17-18(25(4,5)10-9-24(17,2)3)12-16(14)20(21-22(29)28-23(30)27-21)15-7-8-19(31-6)26-13-15/h7-8,11-13H,9-10H2,1-6H3,(H2,27,28,29,30)/b21-20+. The number of methoxy groups -OCH3 is 1. The van der Waals surface area contributed by atoms with Crippen LogP contribution < -0.4 is 15.4 Å². The summed E-state index contributed by atoms with van der Waals surface area (Å²) in [4.78, 5) is 28.9. The van der Waals surface area contributed by atoms with Gasteiger partial charge in [-0.3, -0.25) is 10.1 Å². The quantitative estimate of drug-likeness (QED) is 0.573. The summed E-state index contributed by atoms with van der Waals surface area (Å²) in [6, 6.07) is 7.55. The number of carbonyl (C=O) groups excluding carboxylic acids is 2. The number of imide groups is 1. The number of ether oxygens (including phenoxy) is 1. The second kappa shape index (κ2) is 7.22. The molecule has 0 spiro atoms. The van der Waals surface area contributed by atoms with Gasteiger partial charge in [-0.15, -0.1) is 0 Å². The van der Waals surface area contributed by atoms with Gasteiger partial charge in [-0.2, -0.15) is 0 Å². The minimum Gasteiger partial charge on any atom is -0.481 e. The van der Waals surface area contributed by atoms with E-state index < -0.39 is 11.9 Å². The van der Waals surface area contributed by atoms with E-state index >= 15 is 0 Å². The Morgan fingerprint density at radius 1 is 1.00 bits per heavy atom. The Labute approximate surface area is 183 Å². The number of urea groups is 1. The van der Waals surface area contributed by atoms with Gasteiger partial charge >= 0.3 is 6.03 Å². The molecule has 3 amide bonds. The molecule has 0 unspecified atom stereocenters. The molecular weight excluding hydrogens is 390 g/mol. The van der Waals surface area contributed by atoms with E-state index in [-0.39, 0.29) is 16.5 Å². The smallest absolute Gasteiger partial charge is 0.326 e. The zero-order valence-electron chi connectivity index (χ0n) is 19.0. The first-order valence-electron chi connectivity index (χ1n) is 10.6. The maximum absolute atomic E-state index is 12.6. The van der Waals surface area contributed by atoms with Gasteiger partial charge in [-0.05, 0) is 65.0 Å². The lowest BCUT2D eigenvalue weighted by atomic mass is 9.62. The fourth-order valence-corrected chi connectivity index (χ4v) is 4.62. The number of aromatic nitrogens is 1. The molecule has 0 saturated carbocycles. The van der Waals surface area contributed by atoms with E-state index in [4.69, 9.17) is 4.74 Å². The second-order valence-corrected chi connectivity index (χ2v) is 9.73. The monoisotopic (exact) mass is 419 g/mol. The number of aryl methyl sites for hydroxylation is 1. The molecule has 1 fully saturated rings.